The van der Waals surface area contributed by atoms with Crippen molar-refractivity contribution in [3.63, 3.8) is 0 Å². The molecule has 0 saturated carbocycles. The zero-order valence-electron chi connectivity index (χ0n) is 22.0. The molecule has 13 heteroatoms. The van der Waals surface area contributed by atoms with Gasteiger partial charge in [0.1, 0.15) is 17.4 Å². The summed E-state index contributed by atoms with van der Waals surface area (Å²) in [5, 5.41) is 13.9. The van der Waals surface area contributed by atoms with E-state index in [9.17, 15) is 13.9 Å². The van der Waals surface area contributed by atoms with Crippen molar-refractivity contribution in [2.75, 3.05) is 25.0 Å². The highest BCUT2D eigenvalue weighted by molar-refractivity contribution is 6.33. The molecule has 3 aliphatic rings. The molecule has 5 heterocycles. The topological polar surface area (TPSA) is 97.6 Å². The first-order valence-electron chi connectivity index (χ1n) is 12.9. The zero-order valence-corrected chi connectivity index (χ0v) is 22.7. The number of ether oxygens (including phenoxy) is 2. The van der Waals surface area contributed by atoms with Gasteiger partial charge in [0.25, 0.3) is 5.92 Å². The minimum atomic E-state index is -2.74. The summed E-state index contributed by atoms with van der Waals surface area (Å²) in [4.78, 5) is 15.1. The van der Waals surface area contributed by atoms with E-state index in [1.54, 1.807) is 11.0 Å². The standard InChI is InChI=1S/C26H30ClF3N6O3/c1-12(2)36-18-6-13(5-16(28)20(18)33-23(36)25(3,4)35-10-26(29,30)11-35)19-15(27)8-31-24(34-19)32-17-7-14-9-38-22(39-14)21(17)37/h5-6,8,12,14,17,21-22,37H,7,9-11H2,1-4H3,(H,31,32,34)/t14-,17+,21-,22+/m0/s1. The summed E-state index contributed by atoms with van der Waals surface area (Å²) < 4.78 is 55.9. The molecule has 0 unspecified atom stereocenters. The Balaban J connectivity index is 1.38. The number of halogens is 4. The fourth-order valence-corrected chi connectivity index (χ4v) is 5.83. The molecule has 9 nitrogen and oxygen atoms in total. The smallest absolute Gasteiger partial charge is 0.273 e. The summed E-state index contributed by atoms with van der Waals surface area (Å²) in [5.41, 5.74) is 0.512. The third-order valence-electron chi connectivity index (χ3n) is 7.76. The number of aliphatic hydroxyl groups excluding tert-OH is 1. The maximum absolute atomic E-state index is 15.6. The fourth-order valence-electron chi connectivity index (χ4n) is 5.63. The molecule has 4 atom stereocenters. The number of hydrogen-bond donors (Lipinski definition) is 2. The second-order valence-corrected chi connectivity index (χ2v) is 11.7. The predicted molar refractivity (Wildman–Crippen MR) is 138 cm³/mol. The summed E-state index contributed by atoms with van der Waals surface area (Å²) >= 11 is 6.47. The van der Waals surface area contributed by atoms with Gasteiger partial charge in [0, 0.05) is 11.6 Å². The summed E-state index contributed by atoms with van der Waals surface area (Å²) in [6, 6.07) is 2.53. The van der Waals surface area contributed by atoms with Gasteiger partial charge in [0.15, 0.2) is 12.1 Å². The van der Waals surface area contributed by atoms with Crippen molar-refractivity contribution >= 4 is 28.6 Å². The van der Waals surface area contributed by atoms with Crippen LogP contribution < -0.4 is 5.32 Å². The number of alkyl halides is 2. The highest BCUT2D eigenvalue weighted by atomic mass is 35.5. The summed E-state index contributed by atoms with van der Waals surface area (Å²) in [7, 11) is 0. The highest BCUT2D eigenvalue weighted by Crippen LogP contribution is 2.41. The number of benzene rings is 1. The van der Waals surface area contributed by atoms with Crippen LogP contribution >= 0.6 is 11.6 Å². The van der Waals surface area contributed by atoms with Crippen LogP contribution in [0.2, 0.25) is 5.02 Å². The van der Waals surface area contributed by atoms with Crippen molar-refractivity contribution in [3.05, 3.63) is 35.0 Å². The molecule has 0 radical (unpaired) electrons. The molecule has 1 aromatic carbocycles. The van der Waals surface area contributed by atoms with Crippen molar-refractivity contribution in [1.29, 1.82) is 0 Å². The number of aromatic nitrogens is 4. The molecule has 0 aliphatic carbocycles. The Labute approximate surface area is 228 Å². The third kappa shape index (κ3) is 4.55. The Kier molecular flexibility index (Phi) is 6.35. The number of rotatable bonds is 6. The Morgan fingerprint density at radius 1 is 1.23 bits per heavy atom. The van der Waals surface area contributed by atoms with Crippen molar-refractivity contribution in [2.24, 2.45) is 0 Å². The predicted octanol–water partition coefficient (Wildman–Crippen LogP) is 4.34. The second-order valence-electron chi connectivity index (χ2n) is 11.3. The van der Waals surface area contributed by atoms with Gasteiger partial charge in [-0.25, -0.2) is 28.1 Å². The third-order valence-corrected chi connectivity index (χ3v) is 8.04. The fraction of sp³-hybridized carbons (Fsp3) is 0.577. The maximum Gasteiger partial charge on any atom is 0.273 e. The molecule has 2 bridgehead atoms. The zero-order chi connectivity index (χ0) is 27.9. The first-order valence-corrected chi connectivity index (χ1v) is 13.3. The number of aliphatic hydroxyl groups is 1. The van der Waals surface area contributed by atoms with Crippen LogP contribution in [-0.2, 0) is 15.0 Å². The molecular formula is C26H30ClF3N6O3. The Morgan fingerprint density at radius 3 is 2.67 bits per heavy atom. The van der Waals surface area contributed by atoms with Crippen LogP contribution in [0.5, 0.6) is 0 Å². The molecular weight excluding hydrogens is 537 g/mol. The largest absolute Gasteiger partial charge is 0.386 e. The van der Waals surface area contributed by atoms with Crippen LogP contribution in [0, 0.1) is 5.82 Å². The average Bonchev–Trinajstić information content (AvgIpc) is 3.45. The molecule has 3 aromatic rings. The van der Waals surface area contributed by atoms with Gasteiger partial charge in [-0.15, -0.1) is 0 Å². The van der Waals surface area contributed by atoms with E-state index < -0.39 is 35.7 Å². The van der Waals surface area contributed by atoms with Gasteiger partial charge in [-0.05, 0) is 46.2 Å². The number of fused-ring (bicyclic) bond motifs is 3. The lowest BCUT2D eigenvalue weighted by Crippen LogP contribution is -2.63. The normalized spacial score (nSPS) is 26.8. The van der Waals surface area contributed by atoms with E-state index in [1.807, 2.05) is 32.3 Å². The van der Waals surface area contributed by atoms with Crippen LogP contribution in [0.3, 0.4) is 0 Å². The van der Waals surface area contributed by atoms with Crippen molar-refractivity contribution in [3.8, 4) is 11.3 Å². The molecule has 0 spiro atoms. The summed E-state index contributed by atoms with van der Waals surface area (Å²) in [5.74, 6) is -2.60. The van der Waals surface area contributed by atoms with Crippen molar-refractivity contribution in [1.82, 2.24) is 24.4 Å². The van der Waals surface area contributed by atoms with Gasteiger partial charge in [-0.1, -0.05) is 11.6 Å². The van der Waals surface area contributed by atoms with Crippen LogP contribution in [-0.4, -0.2) is 79.7 Å². The Morgan fingerprint density at radius 2 is 1.97 bits per heavy atom. The van der Waals surface area contributed by atoms with E-state index in [-0.39, 0.29) is 41.7 Å². The molecule has 2 N–H and O–H groups in total. The van der Waals surface area contributed by atoms with Crippen LogP contribution in [0.15, 0.2) is 18.3 Å². The molecule has 39 heavy (non-hydrogen) atoms. The van der Waals surface area contributed by atoms with Gasteiger partial charge in [0.2, 0.25) is 5.95 Å². The molecule has 210 valence electrons. The van der Waals surface area contributed by atoms with E-state index in [0.717, 1.165) is 0 Å². The van der Waals surface area contributed by atoms with Crippen LogP contribution in [0.1, 0.15) is 46.0 Å². The van der Waals surface area contributed by atoms with Crippen LogP contribution in [0.25, 0.3) is 22.3 Å². The number of nitrogens with zero attached hydrogens (tertiary/aromatic N) is 5. The number of likely N-dealkylation sites (tertiary alicyclic amines) is 1. The highest BCUT2D eigenvalue weighted by Gasteiger charge is 2.51. The van der Waals surface area contributed by atoms with E-state index in [2.05, 4.69) is 20.3 Å². The minimum absolute atomic E-state index is 0.128. The minimum Gasteiger partial charge on any atom is -0.386 e. The van der Waals surface area contributed by atoms with Gasteiger partial charge >= 0.3 is 0 Å². The van der Waals surface area contributed by atoms with Crippen LogP contribution in [0.4, 0.5) is 19.1 Å². The van der Waals surface area contributed by atoms with Crippen molar-refractivity contribution in [2.45, 2.75) is 76.2 Å². The first kappa shape index (κ1) is 26.7. The quantitative estimate of drug-likeness (QED) is 0.455. The lowest BCUT2D eigenvalue weighted by molar-refractivity contribution is -0.167. The van der Waals surface area contributed by atoms with Crippen molar-refractivity contribution < 1.29 is 27.8 Å². The molecule has 3 aliphatic heterocycles. The lowest BCUT2D eigenvalue weighted by atomic mass is 9.95. The molecule has 3 saturated heterocycles. The lowest BCUT2D eigenvalue weighted by Gasteiger charge is -2.48. The average molecular weight is 567 g/mol. The van der Waals surface area contributed by atoms with Gasteiger partial charge < -0.3 is 24.5 Å². The molecule has 2 aromatic heterocycles. The molecule has 0 amide bonds. The monoisotopic (exact) mass is 566 g/mol. The number of hydrogen-bond acceptors (Lipinski definition) is 8. The van der Waals surface area contributed by atoms with E-state index in [1.165, 1.54) is 12.3 Å². The van der Waals surface area contributed by atoms with E-state index in [4.69, 9.17) is 21.1 Å². The van der Waals surface area contributed by atoms with Gasteiger partial charge in [-0.3, -0.25) is 4.90 Å². The second kappa shape index (κ2) is 9.27. The van der Waals surface area contributed by atoms with E-state index in [0.29, 0.717) is 35.6 Å². The SMILES string of the molecule is CC(C)n1c(C(C)(C)N2CC(F)(F)C2)nc2c(F)cc(-c3nc(N[C@@H]4C[C@H]5CO[C@H](O5)[C@H]4O)ncc3Cl)cc21. The maximum atomic E-state index is 15.6. The van der Waals surface area contributed by atoms with E-state index >= 15 is 4.39 Å². The molecule has 6 rings (SSSR count). The Bertz CT molecular complexity index is 1430. The number of imidazole rings is 1. The van der Waals surface area contributed by atoms with Gasteiger partial charge in [-0.2, -0.15) is 0 Å². The number of nitrogens with one attached hydrogen (secondary N) is 1. The Hall–Kier alpha value is -2.51. The van der Waals surface area contributed by atoms with Gasteiger partial charge in [0.05, 0.1) is 59.8 Å². The summed E-state index contributed by atoms with van der Waals surface area (Å²) in [6.45, 7) is 7.17. The summed E-state index contributed by atoms with van der Waals surface area (Å²) in [6.07, 6.45) is 0.185. The molecule has 3 fully saturated rings. The number of anilines is 1. The first-order chi connectivity index (χ1) is 18.3.